The predicted octanol–water partition coefficient (Wildman–Crippen LogP) is 3.59. The highest BCUT2D eigenvalue weighted by atomic mass is 35.5. The molecule has 0 aliphatic heterocycles. The van der Waals surface area contributed by atoms with Crippen LogP contribution in [0.5, 0.6) is 0 Å². The fourth-order valence-electron chi connectivity index (χ4n) is 1.92. The Labute approximate surface area is 113 Å². The maximum atomic E-state index is 10.6. The highest BCUT2D eigenvalue weighted by Gasteiger charge is 2.18. The van der Waals surface area contributed by atoms with Crippen LogP contribution in [0.4, 0.5) is 0 Å². The number of carboxylic acids is 1. The van der Waals surface area contributed by atoms with Gasteiger partial charge in [-0.25, -0.2) is 0 Å². The smallest absolute Gasteiger partial charge is 0.303 e. The molecule has 0 aliphatic rings. The van der Waals surface area contributed by atoms with E-state index >= 15 is 0 Å². The van der Waals surface area contributed by atoms with E-state index in [0.29, 0.717) is 6.42 Å². The number of carbonyl (C=O) groups is 1. The molecular formula is C14H20ClNO2. The summed E-state index contributed by atoms with van der Waals surface area (Å²) in [7, 11) is 2.01. The monoisotopic (exact) mass is 269 g/mol. The minimum atomic E-state index is -0.745. The molecule has 0 fully saturated rings. The molecule has 0 saturated heterocycles. The highest BCUT2D eigenvalue weighted by molar-refractivity contribution is 6.30. The van der Waals surface area contributed by atoms with Gasteiger partial charge in [-0.05, 0) is 45.0 Å². The van der Waals surface area contributed by atoms with Crippen LogP contribution in [0.2, 0.25) is 5.02 Å². The van der Waals surface area contributed by atoms with Crippen molar-refractivity contribution in [2.24, 2.45) is 0 Å². The quantitative estimate of drug-likeness (QED) is 0.858. The molecule has 0 bridgehead atoms. The molecule has 1 N–H and O–H groups in total. The van der Waals surface area contributed by atoms with E-state index in [1.54, 1.807) is 0 Å². The van der Waals surface area contributed by atoms with Gasteiger partial charge in [0.05, 0.1) is 0 Å². The number of hydrogen-bond acceptors (Lipinski definition) is 2. The highest BCUT2D eigenvalue weighted by Crippen LogP contribution is 2.24. The van der Waals surface area contributed by atoms with Crippen LogP contribution >= 0.6 is 11.6 Å². The standard InChI is InChI=1S/C14H20ClNO2/c1-10(7-8-14(17)18)16(3)11(2)12-5-4-6-13(15)9-12/h4-6,9-11H,7-8H2,1-3H3,(H,17,18). The zero-order valence-electron chi connectivity index (χ0n) is 11.1. The van der Waals surface area contributed by atoms with Crippen LogP contribution in [0.3, 0.4) is 0 Å². The Morgan fingerprint density at radius 3 is 2.67 bits per heavy atom. The lowest BCUT2D eigenvalue weighted by atomic mass is 10.0. The molecule has 2 unspecified atom stereocenters. The Kier molecular flexibility index (Phi) is 5.63. The van der Waals surface area contributed by atoms with Crippen molar-refractivity contribution in [3.63, 3.8) is 0 Å². The zero-order valence-corrected chi connectivity index (χ0v) is 11.8. The van der Waals surface area contributed by atoms with E-state index in [4.69, 9.17) is 16.7 Å². The van der Waals surface area contributed by atoms with Crippen molar-refractivity contribution < 1.29 is 9.90 Å². The van der Waals surface area contributed by atoms with Gasteiger partial charge < -0.3 is 5.11 Å². The maximum absolute atomic E-state index is 10.6. The van der Waals surface area contributed by atoms with Gasteiger partial charge in [0.1, 0.15) is 0 Å². The van der Waals surface area contributed by atoms with Gasteiger partial charge >= 0.3 is 5.97 Å². The van der Waals surface area contributed by atoms with E-state index in [-0.39, 0.29) is 18.5 Å². The van der Waals surface area contributed by atoms with E-state index in [9.17, 15) is 4.79 Å². The first-order chi connectivity index (χ1) is 8.41. The van der Waals surface area contributed by atoms with Crippen LogP contribution in [0.25, 0.3) is 0 Å². The minimum Gasteiger partial charge on any atom is -0.481 e. The van der Waals surface area contributed by atoms with Crippen molar-refractivity contribution in [3.8, 4) is 0 Å². The average molecular weight is 270 g/mol. The third-order valence-electron chi connectivity index (χ3n) is 3.41. The van der Waals surface area contributed by atoms with Gasteiger partial charge in [-0.1, -0.05) is 23.7 Å². The second-order valence-electron chi connectivity index (χ2n) is 4.68. The lowest BCUT2D eigenvalue weighted by Crippen LogP contribution is -2.32. The molecular weight excluding hydrogens is 250 g/mol. The Morgan fingerprint density at radius 2 is 2.11 bits per heavy atom. The molecule has 0 aliphatic carbocycles. The topological polar surface area (TPSA) is 40.5 Å². The molecule has 0 heterocycles. The van der Waals surface area contributed by atoms with Crippen molar-refractivity contribution in [1.82, 2.24) is 4.90 Å². The largest absolute Gasteiger partial charge is 0.481 e. The molecule has 1 aromatic rings. The molecule has 0 saturated carbocycles. The summed E-state index contributed by atoms with van der Waals surface area (Å²) in [5.74, 6) is -0.745. The summed E-state index contributed by atoms with van der Waals surface area (Å²) in [6, 6.07) is 8.21. The molecule has 0 spiro atoms. The van der Waals surface area contributed by atoms with E-state index in [0.717, 1.165) is 10.6 Å². The minimum absolute atomic E-state index is 0.202. The van der Waals surface area contributed by atoms with Gasteiger partial charge in [0.15, 0.2) is 0 Å². The molecule has 1 rings (SSSR count). The Bertz CT molecular complexity index is 409. The van der Waals surface area contributed by atoms with Crippen molar-refractivity contribution >= 4 is 17.6 Å². The summed E-state index contributed by atoms with van der Waals surface area (Å²) in [4.78, 5) is 12.8. The lowest BCUT2D eigenvalue weighted by Gasteiger charge is -2.31. The molecule has 0 aromatic heterocycles. The maximum Gasteiger partial charge on any atom is 0.303 e. The number of aliphatic carboxylic acids is 1. The SMILES string of the molecule is CC(CCC(=O)O)N(C)C(C)c1cccc(Cl)c1. The molecule has 18 heavy (non-hydrogen) atoms. The summed E-state index contributed by atoms with van der Waals surface area (Å²) >= 11 is 5.98. The van der Waals surface area contributed by atoms with E-state index in [2.05, 4.69) is 11.8 Å². The first-order valence-corrected chi connectivity index (χ1v) is 6.48. The van der Waals surface area contributed by atoms with E-state index < -0.39 is 5.97 Å². The molecule has 3 nitrogen and oxygen atoms in total. The third kappa shape index (κ3) is 4.31. The molecule has 4 heteroatoms. The molecule has 0 radical (unpaired) electrons. The van der Waals surface area contributed by atoms with Crippen LogP contribution in [0.1, 0.15) is 38.3 Å². The number of rotatable bonds is 6. The summed E-state index contributed by atoms with van der Waals surface area (Å²) in [5, 5.41) is 9.43. The Balaban J connectivity index is 2.65. The van der Waals surface area contributed by atoms with Crippen LogP contribution in [-0.4, -0.2) is 29.1 Å². The van der Waals surface area contributed by atoms with Gasteiger partial charge in [-0.15, -0.1) is 0 Å². The fourth-order valence-corrected chi connectivity index (χ4v) is 2.12. The van der Waals surface area contributed by atoms with Gasteiger partial charge in [0, 0.05) is 23.5 Å². The van der Waals surface area contributed by atoms with Crippen LogP contribution in [-0.2, 0) is 4.79 Å². The second kappa shape index (κ2) is 6.76. The van der Waals surface area contributed by atoms with Crippen molar-refractivity contribution in [2.75, 3.05) is 7.05 Å². The number of nitrogens with zero attached hydrogens (tertiary/aromatic N) is 1. The summed E-state index contributed by atoms with van der Waals surface area (Å²) in [5.41, 5.74) is 1.15. The van der Waals surface area contributed by atoms with E-state index in [1.807, 2.05) is 38.2 Å². The summed E-state index contributed by atoms with van der Waals surface area (Å²) in [6.45, 7) is 4.15. The van der Waals surface area contributed by atoms with E-state index in [1.165, 1.54) is 0 Å². The first-order valence-electron chi connectivity index (χ1n) is 6.11. The second-order valence-corrected chi connectivity index (χ2v) is 5.11. The normalized spacial score (nSPS) is 14.5. The number of benzene rings is 1. The predicted molar refractivity (Wildman–Crippen MR) is 74.0 cm³/mol. The Hall–Kier alpha value is -1.06. The van der Waals surface area contributed by atoms with Gasteiger partial charge in [0.2, 0.25) is 0 Å². The summed E-state index contributed by atoms with van der Waals surface area (Å²) < 4.78 is 0. The van der Waals surface area contributed by atoms with Gasteiger partial charge in [-0.3, -0.25) is 9.69 Å². The molecule has 1 aromatic carbocycles. The van der Waals surface area contributed by atoms with Gasteiger partial charge in [0.25, 0.3) is 0 Å². The van der Waals surface area contributed by atoms with Crippen molar-refractivity contribution in [2.45, 2.75) is 38.8 Å². The molecule has 2 atom stereocenters. The Morgan fingerprint density at radius 1 is 1.44 bits per heavy atom. The molecule has 0 amide bonds. The first kappa shape index (κ1) is 15.0. The number of carboxylic acid groups (broad SMARTS) is 1. The van der Waals surface area contributed by atoms with Crippen LogP contribution in [0.15, 0.2) is 24.3 Å². The number of hydrogen-bond donors (Lipinski definition) is 1. The number of halogens is 1. The average Bonchev–Trinajstić information content (AvgIpc) is 2.34. The zero-order chi connectivity index (χ0) is 13.7. The lowest BCUT2D eigenvalue weighted by molar-refractivity contribution is -0.137. The van der Waals surface area contributed by atoms with Crippen LogP contribution in [0, 0.1) is 0 Å². The molecule has 100 valence electrons. The van der Waals surface area contributed by atoms with Gasteiger partial charge in [-0.2, -0.15) is 0 Å². The van der Waals surface area contributed by atoms with Crippen molar-refractivity contribution in [3.05, 3.63) is 34.9 Å². The van der Waals surface area contributed by atoms with Crippen LogP contribution < -0.4 is 0 Å². The third-order valence-corrected chi connectivity index (χ3v) is 3.65. The fraction of sp³-hybridized carbons (Fsp3) is 0.500. The summed E-state index contributed by atoms with van der Waals surface area (Å²) in [6.07, 6.45) is 0.852. The van der Waals surface area contributed by atoms with Crippen molar-refractivity contribution in [1.29, 1.82) is 0 Å².